The van der Waals surface area contributed by atoms with Gasteiger partial charge in [-0.05, 0) is 61.3 Å². The van der Waals surface area contributed by atoms with E-state index in [1.54, 1.807) is 10.8 Å². The van der Waals surface area contributed by atoms with Crippen molar-refractivity contribution < 1.29 is 0 Å². The molecule has 0 aliphatic carbocycles. The molecule has 4 aromatic rings. The molecule has 1 saturated heterocycles. The molecule has 1 aliphatic heterocycles. The van der Waals surface area contributed by atoms with Crippen molar-refractivity contribution >= 4 is 22.8 Å². The van der Waals surface area contributed by atoms with Crippen molar-refractivity contribution in [1.82, 2.24) is 29.7 Å². The summed E-state index contributed by atoms with van der Waals surface area (Å²) in [7, 11) is 2.17. The highest BCUT2D eigenvalue weighted by Gasteiger charge is 2.17. The Morgan fingerprint density at radius 2 is 1.76 bits per heavy atom. The second-order valence-corrected chi connectivity index (χ2v) is 8.72. The summed E-state index contributed by atoms with van der Waals surface area (Å²) in [5.41, 5.74) is 6.25. The summed E-state index contributed by atoms with van der Waals surface area (Å²) in [5, 5.41) is 12.2. The summed E-state index contributed by atoms with van der Waals surface area (Å²) in [6, 6.07) is 12.5. The highest BCUT2D eigenvalue weighted by atomic mass is 15.4. The SMILES string of the molecule is CCC(C)c1ccnn2ncc(-c3ccnc(Nc4ccc(N5CCN(C)CC5)cc4)n3)c12. The van der Waals surface area contributed by atoms with Crippen molar-refractivity contribution in [3.63, 3.8) is 0 Å². The van der Waals surface area contributed by atoms with Crippen molar-refractivity contribution in [2.24, 2.45) is 0 Å². The highest BCUT2D eigenvalue weighted by molar-refractivity contribution is 5.81. The number of anilines is 3. The van der Waals surface area contributed by atoms with Crippen molar-refractivity contribution in [1.29, 1.82) is 0 Å². The third-order valence-electron chi connectivity index (χ3n) is 6.52. The van der Waals surface area contributed by atoms with Gasteiger partial charge in [0.25, 0.3) is 0 Å². The van der Waals surface area contributed by atoms with Crippen LogP contribution < -0.4 is 10.2 Å². The first-order chi connectivity index (χ1) is 16.1. The molecule has 1 atom stereocenters. The number of benzene rings is 1. The molecule has 1 N–H and O–H groups in total. The topological polar surface area (TPSA) is 74.5 Å². The smallest absolute Gasteiger partial charge is 0.227 e. The molecule has 0 saturated carbocycles. The summed E-state index contributed by atoms with van der Waals surface area (Å²) in [6.45, 7) is 8.73. The Bertz CT molecular complexity index is 1220. The van der Waals surface area contributed by atoms with Crippen LogP contribution in [0.25, 0.3) is 16.8 Å². The molecular formula is C25H30N8. The number of nitrogens with one attached hydrogen (secondary N) is 1. The summed E-state index contributed by atoms with van der Waals surface area (Å²) in [4.78, 5) is 14.0. The Balaban J connectivity index is 1.38. The molecule has 8 nitrogen and oxygen atoms in total. The fourth-order valence-electron chi connectivity index (χ4n) is 4.28. The molecule has 0 radical (unpaired) electrons. The molecule has 5 rings (SSSR count). The lowest BCUT2D eigenvalue weighted by Gasteiger charge is -2.34. The number of nitrogens with zero attached hydrogens (tertiary/aromatic N) is 7. The van der Waals surface area contributed by atoms with E-state index < -0.39 is 0 Å². The van der Waals surface area contributed by atoms with Crippen molar-refractivity contribution in [2.45, 2.75) is 26.2 Å². The predicted molar refractivity (Wildman–Crippen MR) is 132 cm³/mol. The molecule has 1 fully saturated rings. The molecule has 0 spiro atoms. The minimum absolute atomic E-state index is 0.407. The van der Waals surface area contributed by atoms with Crippen LogP contribution in [0.2, 0.25) is 0 Å². The number of fused-ring (bicyclic) bond motifs is 1. The van der Waals surface area contributed by atoms with Crippen LogP contribution in [0.5, 0.6) is 0 Å². The number of likely N-dealkylation sites (N-methyl/N-ethyl adjacent to an activating group) is 1. The molecule has 1 aliphatic rings. The van der Waals surface area contributed by atoms with Gasteiger partial charge in [0.05, 0.1) is 11.9 Å². The van der Waals surface area contributed by atoms with E-state index in [-0.39, 0.29) is 0 Å². The van der Waals surface area contributed by atoms with Crippen molar-refractivity contribution in [2.75, 3.05) is 43.4 Å². The fraction of sp³-hybridized carbons (Fsp3) is 0.360. The van der Waals surface area contributed by atoms with Crippen LogP contribution in [0, 0.1) is 0 Å². The van der Waals surface area contributed by atoms with Gasteiger partial charge in [-0.2, -0.15) is 14.8 Å². The lowest BCUT2D eigenvalue weighted by atomic mass is 9.97. The zero-order valence-electron chi connectivity index (χ0n) is 19.4. The van der Waals surface area contributed by atoms with Gasteiger partial charge in [0.15, 0.2) is 0 Å². The largest absolute Gasteiger partial charge is 0.369 e. The van der Waals surface area contributed by atoms with Gasteiger partial charge in [0.2, 0.25) is 5.95 Å². The van der Waals surface area contributed by atoms with Crippen LogP contribution in [0.1, 0.15) is 31.7 Å². The first-order valence-electron chi connectivity index (χ1n) is 11.6. The van der Waals surface area contributed by atoms with Gasteiger partial charge in [-0.15, -0.1) is 0 Å². The quantitative estimate of drug-likeness (QED) is 0.480. The van der Waals surface area contributed by atoms with E-state index >= 15 is 0 Å². The van der Waals surface area contributed by atoms with Crippen LogP contribution in [0.15, 0.2) is 55.0 Å². The van der Waals surface area contributed by atoms with E-state index in [4.69, 9.17) is 4.98 Å². The normalized spacial score (nSPS) is 15.7. The maximum Gasteiger partial charge on any atom is 0.227 e. The second kappa shape index (κ2) is 9.15. The van der Waals surface area contributed by atoms with E-state index in [9.17, 15) is 0 Å². The third kappa shape index (κ3) is 4.39. The Kier molecular flexibility index (Phi) is 5.92. The van der Waals surface area contributed by atoms with Gasteiger partial charge in [-0.1, -0.05) is 13.8 Å². The Morgan fingerprint density at radius 1 is 0.970 bits per heavy atom. The number of hydrogen-bond donors (Lipinski definition) is 1. The summed E-state index contributed by atoms with van der Waals surface area (Å²) in [5.74, 6) is 0.970. The lowest BCUT2D eigenvalue weighted by Crippen LogP contribution is -2.44. The van der Waals surface area contributed by atoms with Crippen LogP contribution in [-0.2, 0) is 0 Å². The molecule has 33 heavy (non-hydrogen) atoms. The summed E-state index contributed by atoms with van der Waals surface area (Å²) in [6.07, 6.45) is 6.48. The molecule has 8 heteroatoms. The number of hydrogen-bond acceptors (Lipinski definition) is 7. The van der Waals surface area contributed by atoms with Gasteiger partial charge in [0.1, 0.15) is 5.52 Å². The van der Waals surface area contributed by atoms with E-state index in [1.165, 1.54) is 11.3 Å². The fourth-order valence-corrected chi connectivity index (χ4v) is 4.28. The van der Waals surface area contributed by atoms with Gasteiger partial charge < -0.3 is 15.1 Å². The molecule has 1 unspecified atom stereocenters. The van der Waals surface area contributed by atoms with Crippen LogP contribution in [0.4, 0.5) is 17.3 Å². The zero-order valence-corrected chi connectivity index (χ0v) is 19.4. The molecule has 4 heterocycles. The van der Waals surface area contributed by atoms with E-state index in [0.29, 0.717) is 11.9 Å². The van der Waals surface area contributed by atoms with Gasteiger partial charge in [-0.25, -0.2) is 9.97 Å². The standard InChI is InChI=1S/C25H30N8/c1-4-18(2)21-9-12-27-33-24(21)22(17-28-33)23-10-11-26-25(30-23)29-19-5-7-20(8-6-19)32-15-13-31(3)14-16-32/h5-12,17-18H,4,13-16H2,1-3H3,(H,26,29,30). The van der Waals surface area contributed by atoms with Crippen LogP contribution in [-0.4, -0.2) is 62.9 Å². The lowest BCUT2D eigenvalue weighted by molar-refractivity contribution is 0.313. The molecule has 3 aromatic heterocycles. The molecular weight excluding hydrogens is 412 g/mol. The molecule has 0 amide bonds. The van der Waals surface area contributed by atoms with Gasteiger partial charge in [0, 0.05) is 55.5 Å². The van der Waals surface area contributed by atoms with Crippen molar-refractivity contribution in [3.8, 4) is 11.3 Å². The monoisotopic (exact) mass is 442 g/mol. The average Bonchev–Trinajstić information content (AvgIpc) is 3.29. The minimum Gasteiger partial charge on any atom is -0.369 e. The van der Waals surface area contributed by atoms with Crippen molar-refractivity contribution in [3.05, 3.63) is 60.6 Å². The maximum absolute atomic E-state index is 4.79. The Labute approximate surface area is 194 Å². The Morgan fingerprint density at radius 3 is 2.52 bits per heavy atom. The van der Waals surface area contributed by atoms with Gasteiger partial charge >= 0.3 is 0 Å². The molecule has 1 aromatic carbocycles. The number of rotatable bonds is 6. The first-order valence-corrected chi connectivity index (χ1v) is 11.6. The summed E-state index contributed by atoms with van der Waals surface area (Å²) >= 11 is 0. The zero-order chi connectivity index (χ0) is 22.8. The molecule has 170 valence electrons. The molecule has 0 bridgehead atoms. The second-order valence-electron chi connectivity index (χ2n) is 8.72. The average molecular weight is 443 g/mol. The van der Waals surface area contributed by atoms with E-state index in [0.717, 1.165) is 55.1 Å². The maximum atomic E-state index is 4.79. The van der Waals surface area contributed by atoms with E-state index in [1.807, 2.05) is 18.5 Å². The summed E-state index contributed by atoms with van der Waals surface area (Å²) < 4.78 is 1.70. The predicted octanol–water partition coefficient (Wildman–Crippen LogP) is 4.20. The van der Waals surface area contributed by atoms with Crippen LogP contribution in [0.3, 0.4) is 0 Å². The van der Waals surface area contributed by atoms with E-state index in [2.05, 4.69) is 81.5 Å². The minimum atomic E-state index is 0.407. The Hall–Kier alpha value is -3.52. The van der Waals surface area contributed by atoms with Crippen LogP contribution >= 0.6 is 0 Å². The first kappa shape index (κ1) is 21.3. The van der Waals surface area contributed by atoms with Gasteiger partial charge in [-0.3, -0.25) is 0 Å². The number of piperazine rings is 1. The highest BCUT2D eigenvalue weighted by Crippen LogP contribution is 2.31. The third-order valence-corrected chi connectivity index (χ3v) is 6.52. The number of aromatic nitrogens is 5.